The smallest absolute Gasteiger partial charge is 0.124 e. The number of benzene rings is 2. The fourth-order valence-corrected chi connectivity index (χ4v) is 3.91. The minimum absolute atomic E-state index is 0.0493. The van der Waals surface area contributed by atoms with Crippen molar-refractivity contribution in [2.24, 2.45) is 0 Å². The van der Waals surface area contributed by atoms with Gasteiger partial charge in [-0.2, -0.15) is 0 Å². The van der Waals surface area contributed by atoms with Gasteiger partial charge < -0.3 is 34.6 Å². The number of aliphatic hydroxyl groups excluding tert-OH is 4. The van der Waals surface area contributed by atoms with Gasteiger partial charge in [0.15, 0.2) is 0 Å². The fourth-order valence-electron chi connectivity index (χ4n) is 3.72. The van der Waals surface area contributed by atoms with Crippen LogP contribution < -0.4 is 4.74 Å². The van der Waals surface area contributed by atoms with Gasteiger partial charge in [-0.25, -0.2) is 0 Å². The highest BCUT2D eigenvalue weighted by Gasteiger charge is 2.44. The third-order valence-corrected chi connectivity index (χ3v) is 5.85. The molecule has 4 rings (SSSR count). The molecule has 0 saturated carbocycles. The molecule has 6 atom stereocenters. The van der Waals surface area contributed by atoms with Crippen LogP contribution in [0.3, 0.4) is 0 Å². The summed E-state index contributed by atoms with van der Waals surface area (Å²) < 4.78 is 50.2. The molecule has 0 bridgehead atoms. The van der Waals surface area contributed by atoms with Crippen LogP contribution in [0.4, 0.5) is 0 Å². The van der Waals surface area contributed by atoms with Crippen LogP contribution in [0.25, 0.3) is 0 Å². The van der Waals surface area contributed by atoms with Gasteiger partial charge in [0.25, 0.3) is 0 Å². The van der Waals surface area contributed by atoms with E-state index in [4.69, 9.17) is 31.3 Å². The first-order chi connectivity index (χ1) is 16.6. The maximum Gasteiger partial charge on any atom is 0.124 e. The molecular weight excluding hydrogens is 424 g/mol. The Kier molecular flexibility index (Phi) is 5.65. The van der Waals surface area contributed by atoms with Gasteiger partial charge in [-0.05, 0) is 41.3 Å². The lowest BCUT2D eigenvalue weighted by molar-refractivity contribution is -0.231. The molecule has 0 amide bonds. The van der Waals surface area contributed by atoms with Crippen molar-refractivity contribution in [2.75, 3.05) is 19.8 Å². The first kappa shape index (κ1) is 17.8. The summed E-state index contributed by atoms with van der Waals surface area (Å²) in [5.74, 6) is -0.125. The molecule has 2 aliphatic rings. The van der Waals surface area contributed by atoms with E-state index in [1.807, 2.05) is 0 Å². The molecule has 2 heterocycles. The van der Waals surface area contributed by atoms with Gasteiger partial charge in [-0.1, -0.05) is 35.8 Å². The highest BCUT2D eigenvalue weighted by atomic mass is 35.5. The van der Waals surface area contributed by atoms with Crippen molar-refractivity contribution in [1.82, 2.24) is 0 Å². The standard InChI is InChI=1S/C23H27ClO7/c24-18-6-3-14(23-22(28)21(27)20(26)19(11-25)31-23)10-15(18)9-13-1-4-16(5-2-13)30-17-7-8-29-12-17/h1-6,10,17,19-23,25-28H,7-9,11-12H2/t17-,19-,20-,21+,22-,23+/m1/s1/i1D,2D,4D,5D. The lowest BCUT2D eigenvalue weighted by Crippen LogP contribution is -2.55. The van der Waals surface area contributed by atoms with E-state index in [9.17, 15) is 20.4 Å². The van der Waals surface area contributed by atoms with Crippen molar-refractivity contribution in [3.8, 4) is 5.75 Å². The average molecular weight is 455 g/mol. The maximum atomic E-state index is 10.5. The first-order valence-electron chi connectivity index (χ1n) is 12.1. The van der Waals surface area contributed by atoms with Gasteiger partial charge in [0.1, 0.15) is 42.4 Å². The molecule has 2 fully saturated rings. The van der Waals surface area contributed by atoms with Crippen molar-refractivity contribution in [3.05, 3.63) is 64.1 Å². The van der Waals surface area contributed by atoms with E-state index in [0.717, 1.165) is 0 Å². The minimum atomic E-state index is -1.54. The Morgan fingerprint density at radius 2 is 1.87 bits per heavy atom. The van der Waals surface area contributed by atoms with Gasteiger partial charge in [-0.15, -0.1) is 0 Å². The molecule has 0 radical (unpaired) electrons. The summed E-state index contributed by atoms with van der Waals surface area (Å²) >= 11 is 6.37. The summed E-state index contributed by atoms with van der Waals surface area (Å²) in [5.41, 5.74) is 0.959. The lowest BCUT2D eigenvalue weighted by atomic mass is 9.90. The third kappa shape index (κ3) is 5.04. The van der Waals surface area contributed by atoms with Gasteiger partial charge in [0.2, 0.25) is 0 Å². The molecule has 7 nitrogen and oxygen atoms in total. The third-order valence-electron chi connectivity index (χ3n) is 5.48. The van der Waals surface area contributed by atoms with E-state index >= 15 is 0 Å². The highest BCUT2D eigenvalue weighted by molar-refractivity contribution is 6.31. The first-order valence-corrected chi connectivity index (χ1v) is 10.4. The zero-order chi connectivity index (χ0) is 25.4. The Labute approximate surface area is 191 Å². The van der Waals surface area contributed by atoms with Crippen molar-refractivity contribution in [3.63, 3.8) is 0 Å². The molecule has 4 N–H and O–H groups in total. The summed E-state index contributed by atoms with van der Waals surface area (Å²) in [6.07, 6.45) is -6.44. The largest absolute Gasteiger partial charge is 0.488 e. The molecule has 2 aliphatic heterocycles. The molecule has 0 spiro atoms. The van der Waals surface area contributed by atoms with Crippen LogP contribution in [0.15, 0.2) is 42.4 Å². The second-order valence-electron chi connectivity index (χ2n) is 7.69. The summed E-state index contributed by atoms with van der Waals surface area (Å²) in [7, 11) is 0. The number of halogens is 1. The van der Waals surface area contributed by atoms with Gasteiger partial charge >= 0.3 is 0 Å². The number of hydrogen-bond donors (Lipinski definition) is 4. The molecule has 31 heavy (non-hydrogen) atoms. The van der Waals surface area contributed by atoms with Crippen molar-refractivity contribution in [2.45, 2.75) is 49.5 Å². The molecule has 2 aromatic carbocycles. The maximum absolute atomic E-state index is 10.5. The summed E-state index contributed by atoms with van der Waals surface area (Å²) in [5, 5.41) is 40.4. The van der Waals surface area contributed by atoms with E-state index in [1.165, 1.54) is 6.07 Å². The second-order valence-corrected chi connectivity index (χ2v) is 8.10. The zero-order valence-corrected chi connectivity index (χ0v) is 17.4. The van der Waals surface area contributed by atoms with Crippen LogP contribution in [0.5, 0.6) is 5.75 Å². The van der Waals surface area contributed by atoms with Crippen LogP contribution in [0.2, 0.25) is 5.02 Å². The normalized spacial score (nSPS) is 32.8. The summed E-state index contributed by atoms with van der Waals surface area (Å²) in [4.78, 5) is 0. The fraction of sp³-hybridized carbons (Fsp3) is 0.478. The van der Waals surface area contributed by atoms with E-state index in [-0.39, 0.29) is 48.0 Å². The van der Waals surface area contributed by atoms with Crippen LogP contribution in [-0.4, -0.2) is 70.8 Å². The molecule has 168 valence electrons. The monoisotopic (exact) mass is 454 g/mol. The second kappa shape index (κ2) is 9.83. The van der Waals surface area contributed by atoms with E-state index in [0.29, 0.717) is 35.8 Å². The quantitative estimate of drug-likeness (QED) is 0.525. The van der Waals surface area contributed by atoms with Crippen LogP contribution in [0.1, 0.15) is 34.7 Å². The topological polar surface area (TPSA) is 109 Å². The molecule has 2 saturated heterocycles. The Bertz CT molecular complexity index is 1050. The average Bonchev–Trinajstić information content (AvgIpc) is 3.36. The summed E-state index contributed by atoms with van der Waals surface area (Å²) in [6.45, 7) is 0.266. The van der Waals surface area contributed by atoms with Crippen LogP contribution >= 0.6 is 11.6 Å². The highest BCUT2D eigenvalue weighted by Crippen LogP contribution is 2.34. The predicted octanol–water partition coefficient (Wildman–Crippen LogP) is 1.61. The number of ether oxygens (including phenoxy) is 3. The number of hydrogen-bond acceptors (Lipinski definition) is 7. The molecule has 2 aromatic rings. The van der Waals surface area contributed by atoms with Crippen LogP contribution in [0, 0.1) is 0 Å². The molecule has 0 aliphatic carbocycles. The Hall–Kier alpha value is -1.71. The molecule has 8 heteroatoms. The number of rotatable bonds is 6. The van der Waals surface area contributed by atoms with E-state index < -0.39 is 37.1 Å². The zero-order valence-electron chi connectivity index (χ0n) is 20.6. The Balaban J connectivity index is 1.65. The minimum Gasteiger partial charge on any atom is -0.488 e. The molecular formula is C23H27ClO7. The van der Waals surface area contributed by atoms with Gasteiger partial charge in [0.05, 0.1) is 25.3 Å². The summed E-state index contributed by atoms with van der Waals surface area (Å²) in [6, 6.07) is 3.56. The van der Waals surface area contributed by atoms with Crippen molar-refractivity contribution in [1.29, 1.82) is 0 Å². The molecule has 0 aromatic heterocycles. The van der Waals surface area contributed by atoms with E-state index in [2.05, 4.69) is 0 Å². The van der Waals surface area contributed by atoms with Crippen molar-refractivity contribution < 1.29 is 40.1 Å². The van der Waals surface area contributed by atoms with Gasteiger partial charge in [-0.3, -0.25) is 0 Å². The van der Waals surface area contributed by atoms with Gasteiger partial charge in [0, 0.05) is 11.4 Å². The van der Waals surface area contributed by atoms with Crippen LogP contribution in [-0.2, 0) is 15.9 Å². The Morgan fingerprint density at radius 1 is 1.10 bits per heavy atom. The van der Waals surface area contributed by atoms with E-state index in [1.54, 1.807) is 12.1 Å². The molecule has 0 unspecified atom stereocenters. The van der Waals surface area contributed by atoms with Crippen molar-refractivity contribution >= 4 is 11.6 Å². The Morgan fingerprint density at radius 3 is 2.55 bits per heavy atom. The SMILES string of the molecule is [2H]c1c([2H])c(O[C@@H]2CCOC2)c([2H])c([2H])c1Cc1cc([C@@H]2O[C@H](CO)[C@@H](O)[C@H](O)[C@H]2O)ccc1Cl. The predicted molar refractivity (Wildman–Crippen MR) is 113 cm³/mol. The number of aliphatic hydroxyl groups is 4. The lowest BCUT2D eigenvalue weighted by Gasteiger charge is -2.40.